The molecule has 1 fully saturated rings. The molecule has 18 heavy (non-hydrogen) atoms. The number of thiophene rings is 1. The van der Waals surface area contributed by atoms with Crippen LogP contribution in [-0.2, 0) is 12.4 Å². The second-order valence-corrected chi connectivity index (χ2v) is 5.69. The minimum absolute atomic E-state index is 0.548. The first-order chi connectivity index (χ1) is 8.86. The van der Waals surface area contributed by atoms with Crippen LogP contribution in [0.3, 0.4) is 0 Å². The summed E-state index contributed by atoms with van der Waals surface area (Å²) in [5.41, 5.74) is 2.50. The molecule has 0 unspecified atom stereocenters. The maximum atomic E-state index is 5.90. The topological polar surface area (TPSA) is 16.1 Å². The monoisotopic (exact) mass is 278 g/mol. The van der Waals surface area contributed by atoms with Gasteiger partial charge in [0.2, 0.25) is 0 Å². The van der Waals surface area contributed by atoms with Crippen LogP contribution in [0.4, 0.5) is 5.82 Å². The highest BCUT2D eigenvalue weighted by Crippen LogP contribution is 2.32. The molecule has 3 rings (SSSR count). The zero-order valence-electron chi connectivity index (χ0n) is 10.1. The molecule has 2 aromatic rings. The molecule has 0 radical (unpaired) electrons. The van der Waals surface area contributed by atoms with Crippen molar-refractivity contribution in [1.29, 1.82) is 0 Å². The molecule has 1 aliphatic carbocycles. The first-order valence-electron chi connectivity index (χ1n) is 6.15. The molecule has 1 aliphatic rings. The van der Waals surface area contributed by atoms with Crippen LogP contribution in [0.25, 0.3) is 0 Å². The number of halogens is 1. The number of anilines is 1. The molecule has 2 aromatic heterocycles. The van der Waals surface area contributed by atoms with Crippen LogP contribution in [0.2, 0.25) is 0 Å². The normalized spacial score (nSPS) is 14.7. The Labute approximate surface area is 116 Å². The van der Waals surface area contributed by atoms with Gasteiger partial charge < -0.3 is 4.90 Å². The Bertz CT molecular complexity index is 508. The van der Waals surface area contributed by atoms with E-state index in [2.05, 4.69) is 32.8 Å². The molecule has 0 saturated heterocycles. The fraction of sp³-hybridized carbons (Fsp3) is 0.357. The lowest BCUT2D eigenvalue weighted by Gasteiger charge is -2.23. The van der Waals surface area contributed by atoms with Crippen LogP contribution < -0.4 is 4.90 Å². The molecule has 2 nitrogen and oxygen atoms in total. The van der Waals surface area contributed by atoms with Gasteiger partial charge in [0.1, 0.15) is 5.82 Å². The van der Waals surface area contributed by atoms with Crippen molar-refractivity contribution < 1.29 is 0 Å². The van der Waals surface area contributed by atoms with Gasteiger partial charge in [-0.25, -0.2) is 4.98 Å². The quantitative estimate of drug-likeness (QED) is 0.767. The molecule has 0 amide bonds. The Hall–Kier alpha value is -1.06. The lowest BCUT2D eigenvalue weighted by molar-refractivity contribution is 0.779. The SMILES string of the molecule is ClCc1ccnc(N(Cc2ccsc2)C2CC2)c1. The van der Waals surface area contributed by atoms with Crippen LogP contribution in [0.5, 0.6) is 0 Å². The van der Waals surface area contributed by atoms with Gasteiger partial charge in [0.25, 0.3) is 0 Å². The minimum Gasteiger partial charge on any atom is -0.349 e. The van der Waals surface area contributed by atoms with Gasteiger partial charge in [0, 0.05) is 24.7 Å². The van der Waals surface area contributed by atoms with Crippen LogP contribution >= 0.6 is 22.9 Å². The van der Waals surface area contributed by atoms with Gasteiger partial charge in [-0.15, -0.1) is 11.6 Å². The third-order valence-electron chi connectivity index (χ3n) is 3.18. The molecule has 1 saturated carbocycles. The number of nitrogens with zero attached hydrogens (tertiary/aromatic N) is 2. The zero-order chi connectivity index (χ0) is 12.4. The largest absolute Gasteiger partial charge is 0.349 e. The van der Waals surface area contributed by atoms with Gasteiger partial charge in [-0.3, -0.25) is 0 Å². The molecule has 0 spiro atoms. The Morgan fingerprint density at radius 1 is 1.33 bits per heavy atom. The molecule has 94 valence electrons. The highest BCUT2D eigenvalue weighted by atomic mass is 35.5. The summed E-state index contributed by atoms with van der Waals surface area (Å²) in [6.07, 6.45) is 4.41. The van der Waals surface area contributed by atoms with Crippen LogP contribution in [-0.4, -0.2) is 11.0 Å². The summed E-state index contributed by atoms with van der Waals surface area (Å²) in [4.78, 5) is 6.90. The van der Waals surface area contributed by atoms with Crippen LogP contribution in [0.1, 0.15) is 24.0 Å². The molecule has 0 bridgehead atoms. The standard InChI is InChI=1S/C14H15ClN2S/c15-8-11-3-5-16-14(7-11)17(13-1-2-13)9-12-4-6-18-10-12/h3-7,10,13H,1-2,8-9H2. The van der Waals surface area contributed by atoms with E-state index in [0.29, 0.717) is 11.9 Å². The minimum atomic E-state index is 0.548. The number of rotatable bonds is 5. The number of aromatic nitrogens is 1. The van der Waals surface area contributed by atoms with Crippen LogP contribution in [0.15, 0.2) is 35.2 Å². The number of hydrogen-bond donors (Lipinski definition) is 0. The van der Waals surface area contributed by atoms with Crippen LogP contribution in [0, 0.1) is 0 Å². The molecular weight excluding hydrogens is 264 g/mol. The summed E-state index contributed by atoms with van der Waals surface area (Å²) in [7, 11) is 0. The first-order valence-corrected chi connectivity index (χ1v) is 7.63. The van der Waals surface area contributed by atoms with E-state index in [-0.39, 0.29) is 0 Å². The van der Waals surface area contributed by atoms with Gasteiger partial charge in [-0.2, -0.15) is 11.3 Å². The van der Waals surface area contributed by atoms with Gasteiger partial charge in [0.05, 0.1) is 0 Å². The van der Waals surface area contributed by atoms with Gasteiger partial charge >= 0.3 is 0 Å². The lowest BCUT2D eigenvalue weighted by atomic mass is 10.2. The van der Waals surface area contributed by atoms with Gasteiger partial charge in [-0.1, -0.05) is 0 Å². The van der Waals surface area contributed by atoms with E-state index >= 15 is 0 Å². The zero-order valence-corrected chi connectivity index (χ0v) is 11.6. The van der Waals surface area contributed by atoms with E-state index in [0.717, 1.165) is 17.9 Å². The van der Waals surface area contributed by atoms with Gasteiger partial charge in [0.15, 0.2) is 0 Å². The second-order valence-electron chi connectivity index (χ2n) is 4.65. The fourth-order valence-corrected chi connectivity index (χ4v) is 2.89. The molecule has 0 atom stereocenters. The maximum Gasteiger partial charge on any atom is 0.129 e. The average molecular weight is 279 g/mol. The summed E-state index contributed by atoms with van der Waals surface area (Å²) >= 11 is 7.65. The van der Waals surface area contributed by atoms with E-state index in [9.17, 15) is 0 Å². The lowest BCUT2D eigenvalue weighted by Crippen LogP contribution is -2.25. The van der Waals surface area contributed by atoms with E-state index < -0.39 is 0 Å². The highest BCUT2D eigenvalue weighted by Gasteiger charge is 2.30. The highest BCUT2D eigenvalue weighted by molar-refractivity contribution is 7.07. The van der Waals surface area contributed by atoms with Crippen molar-refractivity contribution in [2.75, 3.05) is 4.90 Å². The summed E-state index contributed by atoms with van der Waals surface area (Å²) in [6, 6.07) is 6.93. The Kier molecular flexibility index (Phi) is 3.52. The third-order valence-corrected chi connectivity index (χ3v) is 4.22. The molecule has 0 aliphatic heterocycles. The second kappa shape index (κ2) is 5.29. The van der Waals surface area contributed by atoms with Crippen molar-refractivity contribution in [2.24, 2.45) is 0 Å². The summed E-state index contributed by atoms with van der Waals surface area (Å²) in [6.45, 7) is 0.951. The van der Waals surface area contributed by atoms with Crippen molar-refractivity contribution >= 4 is 28.8 Å². The maximum absolute atomic E-state index is 5.90. The predicted octanol–water partition coefficient (Wildman–Crippen LogP) is 4.05. The number of alkyl halides is 1. The van der Waals surface area contributed by atoms with E-state index in [1.54, 1.807) is 11.3 Å². The summed E-state index contributed by atoms with van der Waals surface area (Å²) in [5, 5.41) is 4.34. The number of pyridine rings is 1. The van der Waals surface area contributed by atoms with Crippen molar-refractivity contribution in [1.82, 2.24) is 4.98 Å². The van der Waals surface area contributed by atoms with Crippen molar-refractivity contribution in [2.45, 2.75) is 31.3 Å². The van der Waals surface area contributed by atoms with Gasteiger partial charge in [-0.05, 0) is 52.9 Å². The molecule has 0 N–H and O–H groups in total. The summed E-state index contributed by atoms with van der Waals surface area (Å²) in [5.74, 6) is 1.61. The van der Waals surface area contributed by atoms with E-state index in [1.165, 1.54) is 18.4 Å². The fourth-order valence-electron chi connectivity index (χ4n) is 2.06. The first kappa shape index (κ1) is 12.0. The van der Waals surface area contributed by atoms with Crippen molar-refractivity contribution in [3.05, 3.63) is 46.3 Å². The smallest absolute Gasteiger partial charge is 0.129 e. The molecule has 2 heterocycles. The Balaban J connectivity index is 1.84. The van der Waals surface area contributed by atoms with E-state index in [4.69, 9.17) is 11.6 Å². The van der Waals surface area contributed by atoms with Crippen molar-refractivity contribution in [3.63, 3.8) is 0 Å². The Morgan fingerprint density at radius 3 is 2.89 bits per heavy atom. The summed E-state index contributed by atoms with van der Waals surface area (Å²) < 4.78 is 0. The molecular formula is C14H15ClN2S. The van der Waals surface area contributed by atoms with Crippen molar-refractivity contribution in [3.8, 4) is 0 Å². The third kappa shape index (κ3) is 2.68. The van der Waals surface area contributed by atoms with E-state index in [1.807, 2.05) is 12.3 Å². The molecule has 4 heteroatoms. The Morgan fingerprint density at radius 2 is 2.22 bits per heavy atom. The molecule has 0 aromatic carbocycles. The number of hydrogen-bond acceptors (Lipinski definition) is 3. The predicted molar refractivity (Wildman–Crippen MR) is 77.3 cm³/mol. The average Bonchev–Trinajstić information content (AvgIpc) is 3.13.